The lowest BCUT2D eigenvalue weighted by Gasteiger charge is -2.21. The Labute approximate surface area is 123 Å². The van der Waals surface area contributed by atoms with Crippen molar-refractivity contribution in [1.82, 2.24) is 0 Å². The fraction of sp³-hybridized carbons (Fsp3) is 0.133. The van der Waals surface area contributed by atoms with Gasteiger partial charge in [-0.2, -0.15) is 0 Å². The lowest BCUT2D eigenvalue weighted by Crippen LogP contribution is -2.27. The number of carboxylic acids is 1. The number of anilines is 1. The fourth-order valence-electron chi connectivity index (χ4n) is 2.02. The van der Waals surface area contributed by atoms with Gasteiger partial charge in [-0.1, -0.05) is 18.2 Å². The molecule has 1 N–H and O–H groups in total. The maximum absolute atomic E-state index is 12.5. The zero-order chi connectivity index (χ0) is 15.6. The molecule has 0 fully saturated rings. The molecule has 6 heteroatoms. The van der Waals surface area contributed by atoms with Crippen LogP contribution in [0.4, 0.5) is 5.69 Å². The third-order valence-corrected chi connectivity index (χ3v) is 4.97. The van der Waals surface area contributed by atoms with E-state index in [1.807, 2.05) is 0 Å². The predicted octanol–water partition coefficient (Wildman–Crippen LogP) is 2.52. The molecule has 0 aliphatic rings. The molecule has 0 unspecified atom stereocenters. The highest BCUT2D eigenvalue weighted by Gasteiger charge is 2.22. The second kappa shape index (κ2) is 5.57. The molecule has 110 valence electrons. The Bertz CT molecular complexity index is 770. The molecule has 0 saturated heterocycles. The summed E-state index contributed by atoms with van der Waals surface area (Å²) < 4.78 is 26.2. The highest BCUT2D eigenvalue weighted by atomic mass is 32.2. The first-order valence-electron chi connectivity index (χ1n) is 6.22. The third kappa shape index (κ3) is 2.90. The molecule has 21 heavy (non-hydrogen) atoms. The van der Waals surface area contributed by atoms with E-state index in [0.29, 0.717) is 11.3 Å². The van der Waals surface area contributed by atoms with Gasteiger partial charge in [-0.25, -0.2) is 13.2 Å². The standard InChI is InChI=1S/C15H15NO4S/c1-11-10-12(15(17)18)8-9-14(11)16(2)21(19,20)13-6-4-3-5-7-13/h3-10H,1-2H3,(H,17,18). The van der Waals surface area contributed by atoms with Crippen LogP contribution in [0.2, 0.25) is 0 Å². The molecule has 0 aliphatic heterocycles. The summed E-state index contributed by atoms with van der Waals surface area (Å²) in [6.07, 6.45) is 0. The molecule has 0 aliphatic carbocycles. The second-order valence-corrected chi connectivity index (χ2v) is 6.56. The summed E-state index contributed by atoms with van der Waals surface area (Å²) in [5.74, 6) is -1.04. The SMILES string of the molecule is Cc1cc(C(=O)O)ccc1N(C)S(=O)(=O)c1ccccc1. The molecule has 0 bridgehead atoms. The maximum atomic E-state index is 12.5. The number of carboxylic acid groups (broad SMARTS) is 1. The Kier molecular flexibility index (Phi) is 3.99. The van der Waals surface area contributed by atoms with Crippen LogP contribution in [-0.2, 0) is 10.0 Å². The summed E-state index contributed by atoms with van der Waals surface area (Å²) in [4.78, 5) is 11.1. The van der Waals surface area contributed by atoms with Crippen molar-refractivity contribution in [1.29, 1.82) is 0 Å². The summed E-state index contributed by atoms with van der Waals surface area (Å²) in [6, 6.07) is 12.4. The van der Waals surface area contributed by atoms with Crippen LogP contribution in [0.3, 0.4) is 0 Å². The van der Waals surface area contributed by atoms with E-state index in [1.54, 1.807) is 25.1 Å². The molecule has 2 aromatic carbocycles. The molecule has 0 saturated carbocycles. The van der Waals surface area contributed by atoms with Crippen LogP contribution in [-0.4, -0.2) is 26.5 Å². The maximum Gasteiger partial charge on any atom is 0.335 e. The molecule has 2 aromatic rings. The van der Waals surface area contributed by atoms with Crippen molar-refractivity contribution in [3.8, 4) is 0 Å². The van der Waals surface area contributed by atoms with Gasteiger partial charge in [-0.05, 0) is 42.8 Å². The molecule has 0 atom stereocenters. The van der Waals surface area contributed by atoms with Crippen LogP contribution in [0, 0.1) is 6.92 Å². The van der Waals surface area contributed by atoms with Crippen molar-refractivity contribution >= 4 is 21.7 Å². The molecule has 2 rings (SSSR count). The van der Waals surface area contributed by atoms with Gasteiger partial charge >= 0.3 is 5.97 Å². The first kappa shape index (κ1) is 15.1. The van der Waals surface area contributed by atoms with Gasteiger partial charge in [0.15, 0.2) is 0 Å². The summed E-state index contributed by atoms with van der Waals surface area (Å²) >= 11 is 0. The minimum absolute atomic E-state index is 0.127. The van der Waals surface area contributed by atoms with E-state index < -0.39 is 16.0 Å². The molecule has 0 amide bonds. The van der Waals surface area contributed by atoms with Gasteiger partial charge in [-0.3, -0.25) is 4.31 Å². The highest BCUT2D eigenvalue weighted by Crippen LogP contribution is 2.26. The third-order valence-electron chi connectivity index (χ3n) is 3.18. The first-order chi connectivity index (χ1) is 9.84. The molecule has 0 spiro atoms. The van der Waals surface area contributed by atoms with E-state index in [2.05, 4.69) is 0 Å². The Morgan fingerprint density at radius 1 is 1.10 bits per heavy atom. The monoisotopic (exact) mass is 305 g/mol. The Morgan fingerprint density at radius 3 is 2.24 bits per heavy atom. The minimum Gasteiger partial charge on any atom is -0.478 e. The Morgan fingerprint density at radius 2 is 1.71 bits per heavy atom. The van der Waals surface area contributed by atoms with Crippen molar-refractivity contribution in [3.63, 3.8) is 0 Å². The van der Waals surface area contributed by atoms with Crippen molar-refractivity contribution in [2.75, 3.05) is 11.4 Å². The summed E-state index contributed by atoms with van der Waals surface area (Å²) in [7, 11) is -2.21. The van der Waals surface area contributed by atoms with Crippen molar-refractivity contribution in [2.24, 2.45) is 0 Å². The summed E-state index contributed by atoms with van der Waals surface area (Å²) in [5, 5.41) is 8.94. The number of aryl methyl sites for hydroxylation is 1. The topological polar surface area (TPSA) is 74.7 Å². The number of benzene rings is 2. The van der Waals surface area contributed by atoms with E-state index in [4.69, 9.17) is 5.11 Å². The van der Waals surface area contributed by atoms with Gasteiger partial charge in [-0.15, -0.1) is 0 Å². The normalized spacial score (nSPS) is 11.1. The van der Waals surface area contributed by atoms with Gasteiger partial charge in [0.05, 0.1) is 16.1 Å². The fourth-order valence-corrected chi connectivity index (χ4v) is 3.30. The minimum atomic E-state index is -3.66. The molecule has 0 radical (unpaired) electrons. The highest BCUT2D eigenvalue weighted by molar-refractivity contribution is 7.92. The lowest BCUT2D eigenvalue weighted by molar-refractivity contribution is 0.0697. The van der Waals surface area contributed by atoms with Gasteiger partial charge in [0.25, 0.3) is 10.0 Å². The van der Waals surface area contributed by atoms with E-state index in [1.165, 1.54) is 37.4 Å². The van der Waals surface area contributed by atoms with Crippen LogP contribution in [0.25, 0.3) is 0 Å². The van der Waals surface area contributed by atoms with Crippen LogP contribution < -0.4 is 4.31 Å². The molecule has 0 aromatic heterocycles. The molecule has 5 nitrogen and oxygen atoms in total. The van der Waals surface area contributed by atoms with E-state index in [9.17, 15) is 13.2 Å². The van der Waals surface area contributed by atoms with Gasteiger partial charge in [0.2, 0.25) is 0 Å². The zero-order valence-electron chi connectivity index (χ0n) is 11.6. The van der Waals surface area contributed by atoms with Crippen LogP contribution in [0.1, 0.15) is 15.9 Å². The van der Waals surface area contributed by atoms with Gasteiger partial charge in [0.1, 0.15) is 0 Å². The van der Waals surface area contributed by atoms with Crippen LogP contribution in [0.5, 0.6) is 0 Å². The predicted molar refractivity (Wildman–Crippen MR) is 80.2 cm³/mol. The number of sulfonamides is 1. The van der Waals surface area contributed by atoms with Gasteiger partial charge < -0.3 is 5.11 Å². The van der Waals surface area contributed by atoms with E-state index >= 15 is 0 Å². The molecular weight excluding hydrogens is 290 g/mol. The van der Waals surface area contributed by atoms with Crippen LogP contribution >= 0.6 is 0 Å². The van der Waals surface area contributed by atoms with E-state index in [-0.39, 0.29) is 10.5 Å². The molecular formula is C15H15NO4S. The first-order valence-corrected chi connectivity index (χ1v) is 7.66. The number of hydrogen-bond donors (Lipinski definition) is 1. The number of rotatable bonds is 4. The van der Waals surface area contributed by atoms with Crippen molar-refractivity contribution in [3.05, 3.63) is 59.7 Å². The number of carbonyl (C=O) groups is 1. The lowest BCUT2D eigenvalue weighted by atomic mass is 10.1. The smallest absolute Gasteiger partial charge is 0.335 e. The average molecular weight is 305 g/mol. The van der Waals surface area contributed by atoms with Crippen molar-refractivity contribution < 1.29 is 18.3 Å². The van der Waals surface area contributed by atoms with E-state index in [0.717, 1.165) is 4.31 Å². The number of aromatic carboxylic acids is 1. The largest absolute Gasteiger partial charge is 0.478 e. The Hall–Kier alpha value is -2.34. The van der Waals surface area contributed by atoms with Crippen molar-refractivity contribution in [2.45, 2.75) is 11.8 Å². The average Bonchev–Trinajstić information content (AvgIpc) is 2.47. The van der Waals surface area contributed by atoms with Crippen LogP contribution in [0.15, 0.2) is 53.4 Å². The summed E-state index contributed by atoms with van der Waals surface area (Å²) in [5.41, 5.74) is 1.16. The quantitative estimate of drug-likeness (QED) is 0.942. The van der Waals surface area contributed by atoms with Gasteiger partial charge in [0, 0.05) is 7.05 Å². The molecule has 0 heterocycles. The number of nitrogens with zero attached hydrogens (tertiary/aromatic N) is 1. The second-order valence-electron chi connectivity index (χ2n) is 4.59. The number of hydrogen-bond acceptors (Lipinski definition) is 3. The summed E-state index contributed by atoms with van der Waals surface area (Å²) in [6.45, 7) is 1.68. The Balaban J connectivity index is 2.45. The zero-order valence-corrected chi connectivity index (χ0v) is 12.5.